The van der Waals surface area contributed by atoms with Crippen molar-refractivity contribution in [3.8, 4) is 0 Å². The summed E-state index contributed by atoms with van der Waals surface area (Å²) in [7, 11) is 0. The lowest BCUT2D eigenvalue weighted by molar-refractivity contribution is -0.133. The van der Waals surface area contributed by atoms with Crippen LogP contribution in [0.1, 0.15) is 10.4 Å². The van der Waals surface area contributed by atoms with E-state index in [4.69, 9.17) is 0 Å². The maximum Gasteiger partial charge on any atom is 0.220 e. The molecule has 0 radical (unpaired) electrons. The fourth-order valence-corrected chi connectivity index (χ4v) is 2.43. The summed E-state index contributed by atoms with van der Waals surface area (Å²) in [5, 5.41) is -0.820. The van der Waals surface area contributed by atoms with Crippen molar-refractivity contribution in [2.45, 2.75) is 5.25 Å². The monoisotopic (exact) mass is 220 g/mol. The lowest BCUT2D eigenvalue weighted by Crippen LogP contribution is -2.26. The maximum absolute atomic E-state index is 11.8. The fourth-order valence-electron chi connectivity index (χ4n) is 1.40. The highest BCUT2D eigenvalue weighted by Gasteiger charge is 2.38. The number of carbonyl (C=O) groups is 3. The van der Waals surface area contributed by atoms with E-state index in [1.54, 1.807) is 30.3 Å². The number of hydrogen-bond acceptors (Lipinski definition) is 4. The molecule has 1 aromatic carbocycles. The zero-order chi connectivity index (χ0) is 10.8. The van der Waals surface area contributed by atoms with Crippen molar-refractivity contribution >= 4 is 29.1 Å². The van der Waals surface area contributed by atoms with Gasteiger partial charge in [-0.3, -0.25) is 14.4 Å². The highest BCUT2D eigenvalue weighted by molar-refractivity contribution is 8.03. The molecule has 0 saturated carbocycles. The highest BCUT2D eigenvalue weighted by atomic mass is 32.2. The van der Waals surface area contributed by atoms with Crippen LogP contribution in [-0.2, 0) is 9.59 Å². The van der Waals surface area contributed by atoms with E-state index in [0.717, 1.165) is 11.8 Å². The molecule has 3 nitrogen and oxygen atoms in total. The minimum absolute atomic E-state index is 0.127. The standard InChI is InChI=1S/C11H8O3S/c12-8-6-15-11(10(8)14)9(13)7-4-2-1-3-5-7/h1-5,11H,6H2. The Morgan fingerprint density at radius 3 is 2.40 bits per heavy atom. The van der Waals surface area contributed by atoms with Crippen molar-refractivity contribution in [3.63, 3.8) is 0 Å². The van der Waals surface area contributed by atoms with Crippen molar-refractivity contribution in [3.05, 3.63) is 35.9 Å². The fraction of sp³-hybridized carbons (Fsp3) is 0.182. The molecule has 0 aliphatic carbocycles. The summed E-state index contributed by atoms with van der Waals surface area (Å²) in [5.74, 6) is -1.15. The number of benzene rings is 1. The average Bonchev–Trinajstić information content (AvgIpc) is 2.60. The molecule has 1 aliphatic rings. The quantitative estimate of drug-likeness (QED) is 0.426. The second kappa shape index (κ2) is 3.98. The van der Waals surface area contributed by atoms with Gasteiger partial charge in [0.1, 0.15) is 5.25 Å². The summed E-state index contributed by atoms with van der Waals surface area (Å²) in [5.41, 5.74) is 0.484. The van der Waals surface area contributed by atoms with Crippen molar-refractivity contribution < 1.29 is 14.4 Å². The second-order valence-electron chi connectivity index (χ2n) is 3.21. The SMILES string of the molecule is O=C1CSC(C(=O)c2ccccc2)C1=O. The Morgan fingerprint density at radius 2 is 1.87 bits per heavy atom. The van der Waals surface area contributed by atoms with Crippen LogP contribution in [-0.4, -0.2) is 28.4 Å². The molecule has 1 aliphatic heterocycles. The van der Waals surface area contributed by atoms with E-state index in [-0.39, 0.29) is 11.5 Å². The Kier molecular flexibility index (Phi) is 2.68. The first-order valence-electron chi connectivity index (χ1n) is 4.48. The van der Waals surface area contributed by atoms with Crippen LogP contribution in [0.4, 0.5) is 0 Å². The molecular formula is C11H8O3S. The van der Waals surface area contributed by atoms with E-state index in [0.29, 0.717) is 5.56 Å². The number of hydrogen-bond donors (Lipinski definition) is 0. The van der Waals surface area contributed by atoms with Gasteiger partial charge in [0.05, 0.1) is 5.75 Å². The number of carbonyl (C=O) groups excluding carboxylic acids is 3. The molecule has 76 valence electrons. The van der Waals surface area contributed by atoms with Gasteiger partial charge >= 0.3 is 0 Å². The zero-order valence-electron chi connectivity index (χ0n) is 7.80. The molecule has 0 amide bonds. The van der Waals surface area contributed by atoms with Gasteiger partial charge in [0.25, 0.3) is 0 Å². The summed E-state index contributed by atoms with van der Waals surface area (Å²) >= 11 is 1.11. The third-order valence-corrected chi connectivity index (χ3v) is 3.38. The van der Waals surface area contributed by atoms with Crippen LogP contribution < -0.4 is 0 Å². The first-order chi connectivity index (χ1) is 7.20. The van der Waals surface area contributed by atoms with E-state index in [2.05, 4.69) is 0 Å². The Balaban J connectivity index is 2.23. The van der Waals surface area contributed by atoms with Gasteiger partial charge in [-0.2, -0.15) is 0 Å². The summed E-state index contributed by atoms with van der Waals surface area (Å²) in [4.78, 5) is 34.1. The molecule has 1 unspecified atom stereocenters. The molecule has 1 saturated heterocycles. The average molecular weight is 220 g/mol. The van der Waals surface area contributed by atoms with Crippen LogP contribution in [0.2, 0.25) is 0 Å². The highest BCUT2D eigenvalue weighted by Crippen LogP contribution is 2.24. The lowest BCUT2D eigenvalue weighted by Gasteiger charge is -2.04. The molecule has 1 heterocycles. The van der Waals surface area contributed by atoms with E-state index < -0.39 is 16.8 Å². The number of thioether (sulfide) groups is 1. The summed E-state index contributed by atoms with van der Waals surface area (Å²) in [6, 6.07) is 8.57. The van der Waals surface area contributed by atoms with Gasteiger partial charge in [-0.1, -0.05) is 30.3 Å². The molecule has 0 spiro atoms. The normalized spacial score (nSPS) is 20.7. The molecule has 1 atom stereocenters. The predicted molar refractivity (Wildman–Crippen MR) is 57.0 cm³/mol. The molecule has 15 heavy (non-hydrogen) atoms. The van der Waals surface area contributed by atoms with Crippen LogP contribution >= 0.6 is 11.8 Å². The van der Waals surface area contributed by atoms with Crippen LogP contribution in [0.15, 0.2) is 30.3 Å². The summed E-state index contributed by atoms with van der Waals surface area (Å²) in [6.07, 6.45) is 0. The van der Waals surface area contributed by atoms with Gasteiger partial charge in [0.2, 0.25) is 11.6 Å². The Bertz CT molecular complexity index is 425. The van der Waals surface area contributed by atoms with E-state index >= 15 is 0 Å². The minimum atomic E-state index is -0.820. The maximum atomic E-state index is 11.8. The Hall–Kier alpha value is -1.42. The number of Topliss-reactive ketones (excluding diaryl/α,β-unsaturated/α-hetero) is 3. The summed E-state index contributed by atoms with van der Waals surface area (Å²) in [6.45, 7) is 0. The Morgan fingerprint density at radius 1 is 1.20 bits per heavy atom. The van der Waals surface area contributed by atoms with Crippen LogP contribution in [0.25, 0.3) is 0 Å². The van der Waals surface area contributed by atoms with E-state index in [9.17, 15) is 14.4 Å². The molecule has 0 N–H and O–H groups in total. The van der Waals surface area contributed by atoms with E-state index in [1.807, 2.05) is 0 Å². The number of ketones is 3. The molecule has 0 bridgehead atoms. The number of rotatable bonds is 2. The lowest BCUT2D eigenvalue weighted by atomic mass is 10.0. The molecule has 1 fully saturated rings. The van der Waals surface area contributed by atoms with Gasteiger partial charge in [-0.05, 0) is 0 Å². The third-order valence-electron chi connectivity index (χ3n) is 2.19. The largest absolute Gasteiger partial charge is 0.292 e. The van der Waals surface area contributed by atoms with Gasteiger partial charge in [-0.15, -0.1) is 11.8 Å². The van der Waals surface area contributed by atoms with Crippen molar-refractivity contribution in [1.29, 1.82) is 0 Å². The van der Waals surface area contributed by atoms with Gasteiger partial charge in [-0.25, -0.2) is 0 Å². The van der Waals surface area contributed by atoms with Gasteiger partial charge in [0.15, 0.2) is 5.78 Å². The first kappa shape index (κ1) is 10.1. The Labute approximate surface area is 90.9 Å². The molecule has 2 rings (SSSR count). The molecule has 0 aromatic heterocycles. The topological polar surface area (TPSA) is 51.2 Å². The minimum Gasteiger partial charge on any atom is -0.292 e. The van der Waals surface area contributed by atoms with Crippen molar-refractivity contribution in [2.24, 2.45) is 0 Å². The smallest absolute Gasteiger partial charge is 0.220 e. The molecule has 4 heteroatoms. The summed E-state index contributed by atoms with van der Waals surface area (Å²) < 4.78 is 0. The van der Waals surface area contributed by atoms with Gasteiger partial charge < -0.3 is 0 Å². The van der Waals surface area contributed by atoms with Crippen LogP contribution in [0, 0.1) is 0 Å². The van der Waals surface area contributed by atoms with E-state index in [1.165, 1.54) is 0 Å². The van der Waals surface area contributed by atoms with Crippen molar-refractivity contribution in [1.82, 2.24) is 0 Å². The van der Waals surface area contributed by atoms with Gasteiger partial charge in [0, 0.05) is 5.56 Å². The first-order valence-corrected chi connectivity index (χ1v) is 5.53. The van der Waals surface area contributed by atoms with Crippen LogP contribution in [0.3, 0.4) is 0 Å². The van der Waals surface area contributed by atoms with Crippen molar-refractivity contribution in [2.75, 3.05) is 5.75 Å². The van der Waals surface area contributed by atoms with Crippen LogP contribution in [0.5, 0.6) is 0 Å². The predicted octanol–water partition coefficient (Wildman–Crippen LogP) is 1.12. The zero-order valence-corrected chi connectivity index (χ0v) is 8.62. The second-order valence-corrected chi connectivity index (χ2v) is 4.30. The third kappa shape index (κ3) is 1.85. The molecular weight excluding hydrogens is 212 g/mol. The molecule has 1 aromatic rings.